The number of hydrogen-bond acceptors (Lipinski definition) is 6. The summed E-state index contributed by atoms with van der Waals surface area (Å²) in [6, 6.07) is 14.3. The maximum atomic E-state index is 12.1. The number of rotatable bonds is 7. The molecule has 30 heavy (non-hydrogen) atoms. The van der Waals surface area contributed by atoms with Gasteiger partial charge in [-0.25, -0.2) is 9.59 Å². The van der Waals surface area contributed by atoms with E-state index in [0.717, 1.165) is 34.4 Å². The van der Waals surface area contributed by atoms with E-state index in [0.29, 0.717) is 24.3 Å². The zero-order valence-corrected chi connectivity index (χ0v) is 18.0. The lowest BCUT2D eigenvalue weighted by atomic mass is 10.1. The fraction of sp³-hybridized carbons (Fsp3) is 0.261. The van der Waals surface area contributed by atoms with E-state index in [4.69, 9.17) is 9.47 Å². The van der Waals surface area contributed by atoms with Crippen LogP contribution in [0.25, 0.3) is 10.9 Å². The van der Waals surface area contributed by atoms with Gasteiger partial charge < -0.3 is 14.8 Å². The number of hydrogen-bond donors (Lipinski definition) is 1. The lowest BCUT2D eigenvalue weighted by Crippen LogP contribution is -2.06. The van der Waals surface area contributed by atoms with E-state index in [1.807, 2.05) is 26.0 Å². The number of carbonyl (C=O) groups excluding carboxylic acids is 2. The minimum absolute atomic E-state index is 0. The van der Waals surface area contributed by atoms with Crippen LogP contribution in [0.3, 0.4) is 0 Å². The van der Waals surface area contributed by atoms with Crippen molar-refractivity contribution in [1.82, 2.24) is 4.98 Å². The first-order valence-corrected chi connectivity index (χ1v) is 9.64. The molecule has 0 spiro atoms. The Morgan fingerprint density at radius 1 is 0.967 bits per heavy atom. The average Bonchev–Trinajstić information content (AvgIpc) is 2.72. The first kappa shape index (κ1) is 23.2. The monoisotopic (exact) mass is 428 g/mol. The van der Waals surface area contributed by atoms with Crippen LogP contribution in [-0.2, 0) is 9.47 Å². The molecule has 6 nitrogen and oxygen atoms in total. The van der Waals surface area contributed by atoms with Crippen LogP contribution in [0.1, 0.15) is 46.7 Å². The van der Waals surface area contributed by atoms with Crippen molar-refractivity contribution in [3.8, 4) is 0 Å². The Hall–Kier alpha value is -3.12. The van der Waals surface area contributed by atoms with E-state index in [9.17, 15) is 9.59 Å². The predicted octanol–water partition coefficient (Wildman–Crippen LogP) is 5.45. The molecular formula is C23H25ClN2O4. The smallest absolute Gasteiger partial charge is 0.338 e. The van der Waals surface area contributed by atoms with Gasteiger partial charge in [-0.05, 0) is 62.7 Å². The third-order valence-electron chi connectivity index (χ3n) is 4.26. The van der Waals surface area contributed by atoms with Crippen molar-refractivity contribution in [2.24, 2.45) is 0 Å². The van der Waals surface area contributed by atoms with Crippen molar-refractivity contribution >= 4 is 46.6 Å². The quantitative estimate of drug-likeness (QED) is 0.504. The van der Waals surface area contributed by atoms with Gasteiger partial charge in [-0.3, -0.25) is 4.98 Å². The fourth-order valence-corrected chi connectivity index (χ4v) is 2.96. The zero-order chi connectivity index (χ0) is 20.8. The number of ether oxygens (including phenoxy) is 2. The number of halogens is 1. The van der Waals surface area contributed by atoms with E-state index >= 15 is 0 Å². The van der Waals surface area contributed by atoms with Crippen LogP contribution >= 0.6 is 12.4 Å². The van der Waals surface area contributed by atoms with E-state index in [2.05, 4.69) is 10.3 Å². The third kappa shape index (κ3) is 5.48. The molecule has 0 aliphatic carbocycles. The molecule has 3 rings (SSSR count). The van der Waals surface area contributed by atoms with Crippen LogP contribution in [0.4, 0.5) is 11.4 Å². The molecule has 1 N–H and O–H groups in total. The average molecular weight is 429 g/mol. The SMILES string of the molecule is CCCOC(=O)c1cccc(Nc2cc(C)nc3ccc(C(=O)OCC)cc23)c1.Cl. The number of pyridine rings is 1. The molecule has 0 fully saturated rings. The largest absolute Gasteiger partial charge is 0.462 e. The van der Waals surface area contributed by atoms with Crippen LogP contribution in [0.2, 0.25) is 0 Å². The predicted molar refractivity (Wildman–Crippen MR) is 120 cm³/mol. The van der Waals surface area contributed by atoms with Crippen molar-refractivity contribution in [2.75, 3.05) is 18.5 Å². The van der Waals surface area contributed by atoms with Crippen LogP contribution in [0.5, 0.6) is 0 Å². The van der Waals surface area contributed by atoms with Crippen LogP contribution < -0.4 is 5.32 Å². The molecule has 0 amide bonds. The molecule has 0 unspecified atom stereocenters. The van der Waals surface area contributed by atoms with Crippen molar-refractivity contribution in [3.63, 3.8) is 0 Å². The number of carbonyl (C=O) groups is 2. The highest BCUT2D eigenvalue weighted by atomic mass is 35.5. The summed E-state index contributed by atoms with van der Waals surface area (Å²) in [4.78, 5) is 28.8. The second kappa shape index (κ2) is 10.6. The molecule has 0 saturated carbocycles. The summed E-state index contributed by atoms with van der Waals surface area (Å²) < 4.78 is 10.3. The van der Waals surface area contributed by atoms with Gasteiger partial charge in [-0.2, -0.15) is 0 Å². The minimum atomic E-state index is -0.374. The summed E-state index contributed by atoms with van der Waals surface area (Å²) in [6.07, 6.45) is 0.773. The summed E-state index contributed by atoms with van der Waals surface area (Å²) in [5.74, 6) is -0.725. The number of nitrogens with one attached hydrogen (secondary N) is 1. The maximum absolute atomic E-state index is 12.1. The molecule has 0 aliphatic heterocycles. The molecule has 158 valence electrons. The highest BCUT2D eigenvalue weighted by Crippen LogP contribution is 2.28. The van der Waals surface area contributed by atoms with Gasteiger partial charge in [0, 0.05) is 22.5 Å². The Balaban J connectivity index is 0.00000320. The van der Waals surface area contributed by atoms with Gasteiger partial charge in [0.15, 0.2) is 0 Å². The number of anilines is 2. The lowest BCUT2D eigenvalue weighted by Gasteiger charge is -2.13. The number of nitrogens with zero attached hydrogens (tertiary/aromatic N) is 1. The third-order valence-corrected chi connectivity index (χ3v) is 4.26. The van der Waals surface area contributed by atoms with Gasteiger partial charge in [0.1, 0.15) is 0 Å². The molecular weight excluding hydrogens is 404 g/mol. The zero-order valence-electron chi connectivity index (χ0n) is 17.2. The van der Waals surface area contributed by atoms with E-state index in [1.165, 1.54) is 0 Å². The van der Waals surface area contributed by atoms with Gasteiger partial charge in [0.25, 0.3) is 0 Å². The van der Waals surface area contributed by atoms with Crippen molar-refractivity contribution in [2.45, 2.75) is 27.2 Å². The highest BCUT2D eigenvalue weighted by molar-refractivity contribution is 6.00. The first-order chi connectivity index (χ1) is 14.0. The molecule has 3 aromatic rings. The Bertz CT molecular complexity index is 1050. The maximum Gasteiger partial charge on any atom is 0.338 e. The van der Waals surface area contributed by atoms with Gasteiger partial charge in [0.2, 0.25) is 0 Å². The minimum Gasteiger partial charge on any atom is -0.462 e. The Morgan fingerprint density at radius 3 is 2.43 bits per heavy atom. The Morgan fingerprint density at radius 2 is 1.70 bits per heavy atom. The van der Waals surface area contributed by atoms with Gasteiger partial charge in [0.05, 0.1) is 29.9 Å². The first-order valence-electron chi connectivity index (χ1n) is 9.64. The number of esters is 2. The lowest BCUT2D eigenvalue weighted by molar-refractivity contribution is 0.0501. The normalized spacial score (nSPS) is 10.2. The topological polar surface area (TPSA) is 77.5 Å². The van der Waals surface area contributed by atoms with Crippen molar-refractivity contribution in [3.05, 3.63) is 65.4 Å². The molecule has 7 heteroatoms. The summed E-state index contributed by atoms with van der Waals surface area (Å²) in [5.41, 5.74) is 4.07. The molecule has 0 saturated heterocycles. The number of fused-ring (bicyclic) bond motifs is 1. The second-order valence-electron chi connectivity index (χ2n) is 6.61. The van der Waals surface area contributed by atoms with Crippen LogP contribution in [-0.4, -0.2) is 30.1 Å². The van der Waals surface area contributed by atoms with E-state index < -0.39 is 0 Å². The van der Waals surface area contributed by atoms with Crippen LogP contribution in [0, 0.1) is 6.92 Å². The van der Waals surface area contributed by atoms with Crippen molar-refractivity contribution in [1.29, 1.82) is 0 Å². The van der Waals surface area contributed by atoms with Gasteiger partial charge >= 0.3 is 11.9 Å². The summed E-state index contributed by atoms with van der Waals surface area (Å²) >= 11 is 0. The standard InChI is InChI=1S/C23H24N2O4.ClH/c1-4-11-29-23(27)16-7-6-8-18(13-16)25-21-12-15(3)24-20-10-9-17(14-19(20)21)22(26)28-5-2;/h6-10,12-14H,4-5,11H2,1-3H3,(H,24,25);1H. The number of benzene rings is 2. The van der Waals surface area contributed by atoms with Crippen molar-refractivity contribution < 1.29 is 19.1 Å². The Labute approximate surface area is 182 Å². The molecule has 0 atom stereocenters. The molecule has 0 radical (unpaired) electrons. The van der Waals surface area contributed by atoms with Crippen LogP contribution in [0.15, 0.2) is 48.5 Å². The fourth-order valence-electron chi connectivity index (χ4n) is 2.96. The summed E-state index contributed by atoms with van der Waals surface area (Å²) in [6.45, 7) is 6.33. The van der Waals surface area contributed by atoms with Gasteiger partial charge in [-0.1, -0.05) is 13.0 Å². The van der Waals surface area contributed by atoms with Gasteiger partial charge in [-0.15, -0.1) is 12.4 Å². The second-order valence-corrected chi connectivity index (χ2v) is 6.61. The van der Waals surface area contributed by atoms with E-state index in [-0.39, 0.29) is 24.3 Å². The molecule has 0 aliphatic rings. The molecule has 1 heterocycles. The molecule has 0 bridgehead atoms. The molecule has 2 aromatic carbocycles. The van der Waals surface area contributed by atoms with E-state index in [1.54, 1.807) is 43.3 Å². The Kier molecular flexibility index (Phi) is 8.18. The number of aryl methyl sites for hydroxylation is 1. The summed E-state index contributed by atoms with van der Waals surface area (Å²) in [7, 11) is 0. The molecule has 1 aromatic heterocycles. The summed E-state index contributed by atoms with van der Waals surface area (Å²) in [5, 5.41) is 4.13. The highest BCUT2D eigenvalue weighted by Gasteiger charge is 2.12. The number of aromatic nitrogens is 1.